The van der Waals surface area contributed by atoms with E-state index in [1.165, 1.54) is 0 Å². The summed E-state index contributed by atoms with van der Waals surface area (Å²) in [5.74, 6) is 0.510. The Hall–Kier alpha value is -1.58. The fourth-order valence-corrected chi connectivity index (χ4v) is 1.07. The van der Waals surface area contributed by atoms with Crippen LogP contribution in [0.1, 0.15) is 12.7 Å². The van der Waals surface area contributed by atoms with Gasteiger partial charge in [-0.2, -0.15) is 0 Å². The standard InChI is InChI=1S/C10H14N2O2/c1-4-14-10(13)8(2)7-12-6-5-11-9(12)3/h5-6H,2,4,7H2,1,3H3. The Labute approximate surface area is 83.2 Å². The molecule has 0 unspecified atom stereocenters. The van der Waals surface area contributed by atoms with Crippen LogP contribution in [-0.4, -0.2) is 22.1 Å². The van der Waals surface area contributed by atoms with Crippen LogP contribution in [0.15, 0.2) is 24.5 Å². The number of esters is 1. The third-order valence-electron chi connectivity index (χ3n) is 1.85. The highest BCUT2D eigenvalue weighted by Crippen LogP contribution is 2.03. The van der Waals surface area contributed by atoms with E-state index in [1.807, 2.05) is 11.5 Å². The third-order valence-corrected chi connectivity index (χ3v) is 1.85. The molecule has 0 atom stereocenters. The lowest BCUT2D eigenvalue weighted by molar-refractivity contribution is -0.138. The quantitative estimate of drug-likeness (QED) is 0.536. The number of hydrogen-bond donors (Lipinski definition) is 0. The van der Waals surface area contributed by atoms with Crippen molar-refractivity contribution in [3.05, 3.63) is 30.4 Å². The first-order valence-electron chi connectivity index (χ1n) is 4.47. The molecule has 0 saturated carbocycles. The SMILES string of the molecule is C=C(Cn1ccnc1C)C(=O)OCC. The molecule has 0 spiro atoms. The first-order chi connectivity index (χ1) is 6.65. The van der Waals surface area contributed by atoms with Gasteiger partial charge in [0.05, 0.1) is 13.2 Å². The molecule has 1 aromatic heterocycles. The average Bonchev–Trinajstić information content (AvgIpc) is 2.52. The highest BCUT2D eigenvalue weighted by molar-refractivity contribution is 5.87. The van der Waals surface area contributed by atoms with E-state index < -0.39 is 0 Å². The first-order valence-corrected chi connectivity index (χ1v) is 4.47. The van der Waals surface area contributed by atoms with Gasteiger partial charge in [-0.25, -0.2) is 9.78 Å². The summed E-state index contributed by atoms with van der Waals surface area (Å²) in [6.45, 7) is 8.12. The van der Waals surface area contributed by atoms with Crippen molar-refractivity contribution in [3.8, 4) is 0 Å². The van der Waals surface area contributed by atoms with Gasteiger partial charge in [0.1, 0.15) is 5.82 Å². The second kappa shape index (κ2) is 4.60. The molecule has 0 amide bonds. The van der Waals surface area contributed by atoms with E-state index >= 15 is 0 Å². The monoisotopic (exact) mass is 194 g/mol. The summed E-state index contributed by atoms with van der Waals surface area (Å²) >= 11 is 0. The minimum absolute atomic E-state index is 0.347. The minimum Gasteiger partial charge on any atom is -0.463 e. The molecule has 0 radical (unpaired) electrons. The average molecular weight is 194 g/mol. The van der Waals surface area contributed by atoms with E-state index in [-0.39, 0.29) is 5.97 Å². The van der Waals surface area contributed by atoms with Crippen LogP contribution < -0.4 is 0 Å². The normalized spacial score (nSPS) is 9.86. The lowest BCUT2D eigenvalue weighted by Gasteiger charge is -2.07. The Morgan fingerprint density at radius 3 is 2.93 bits per heavy atom. The molecule has 0 N–H and O–H groups in total. The molecule has 0 saturated heterocycles. The predicted molar refractivity (Wildman–Crippen MR) is 52.7 cm³/mol. The number of nitrogens with zero attached hydrogens (tertiary/aromatic N) is 2. The number of imidazole rings is 1. The van der Waals surface area contributed by atoms with Gasteiger partial charge in [0.15, 0.2) is 0 Å². The lowest BCUT2D eigenvalue weighted by atomic mass is 10.3. The highest BCUT2D eigenvalue weighted by Gasteiger charge is 2.08. The number of aryl methyl sites for hydroxylation is 1. The zero-order valence-corrected chi connectivity index (χ0v) is 8.49. The number of hydrogen-bond acceptors (Lipinski definition) is 3. The Bertz CT molecular complexity index is 342. The van der Waals surface area contributed by atoms with Crippen LogP contribution >= 0.6 is 0 Å². The molecule has 14 heavy (non-hydrogen) atoms. The van der Waals surface area contributed by atoms with Crippen molar-refractivity contribution in [3.63, 3.8) is 0 Å². The predicted octanol–water partition coefficient (Wildman–Crippen LogP) is 1.31. The fraction of sp³-hybridized carbons (Fsp3) is 0.400. The van der Waals surface area contributed by atoms with Crippen LogP contribution in [0.5, 0.6) is 0 Å². The largest absolute Gasteiger partial charge is 0.463 e. The molecule has 4 heteroatoms. The van der Waals surface area contributed by atoms with Crippen molar-refractivity contribution in [1.82, 2.24) is 9.55 Å². The van der Waals surface area contributed by atoms with Crippen LogP contribution in [0.2, 0.25) is 0 Å². The number of carbonyl (C=O) groups excluding carboxylic acids is 1. The van der Waals surface area contributed by atoms with Gasteiger partial charge < -0.3 is 9.30 Å². The molecule has 1 heterocycles. The van der Waals surface area contributed by atoms with Crippen molar-refractivity contribution in [2.75, 3.05) is 6.61 Å². The van der Waals surface area contributed by atoms with Gasteiger partial charge in [0, 0.05) is 18.0 Å². The first kappa shape index (κ1) is 10.5. The van der Waals surface area contributed by atoms with E-state index in [1.54, 1.807) is 19.3 Å². The van der Waals surface area contributed by atoms with Gasteiger partial charge in [0.25, 0.3) is 0 Å². The Balaban J connectivity index is 2.57. The van der Waals surface area contributed by atoms with Crippen molar-refractivity contribution in [2.24, 2.45) is 0 Å². The zero-order chi connectivity index (χ0) is 10.6. The third kappa shape index (κ3) is 2.45. The van der Waals surface area contributed by atoms with Crippen molar-refractivity contribution in [2.45, 2.75) is 20.4 Å². The Morgan fingerprint density at radius 2 is 2.43 bits per heavy atom. The molecule has 4 nitrogen and oxygen atoms in total. The van der Waals surface area contributed by atoms with Gasteiger partial charge in [-0.1, -0.05) is 6.58 Å². The zero-order valence-electron chi connectivity index (χ0n) is 8.49. The molecule has 0 fully saturated rings. The summed E-state index contributed by atoms with van der Waals surface area (Å²) in [5.41, 5.74) is 0.438. The molecule has 0 bridgehead atoms. The lowest BCUT2D eigenvalue weighted by Crippen LogP contribution is -2.12. The van der Waals surface area contributed by atoms with Gasteiger partial charge in [0.2, 0.25) is 0 Å². The molecule has 0 aliphatic heterocycles. The Kier molecular flexibility index (Phi) is 3.45. The van der Waals surface area contributed by atoms with Gasteiger partial charge >= 0.3 is 5.97 Å². The van der Waals surface area contributed by atoms with Crippen LogP contribution in [0, 0.1) is 6.92 Å². The van der Waals surface area contributed by atoms with Crippen molar-refractivity contribution in [1.29, 1.82) is 0 Å². The number of carbonyl (C=O) groups is 1. The van der Waals surface area contributed by atoms with Crippen LogP contribution in [0.25, 0.3) is 0 Å². The maximum atomic E-state index is 11.2. The second-order valence-electron chi connectivity index (χ2n) is 2.93. The van der Waals surface area contributed by atoms with Crippen LogP contribution in [-0.2, 0) is 16.1 Å². The van der Waals surface area contributed by atoms with E-state index in [9.17, 15) is 4.79 Å². The van der Waals surface area contributed by atoms with E-state index in [4.69, 9.17) is 4.74 Å². The fourth-order valence-electron chi connectivity index (χ4n) is 1.07. The summed E-state index contributed by atoms with van der Waals surface area (Å²) in [6.07, 6.45) is 3.49. The topological polar surface area (TPSA) is 44.1 Å². The minimum atomic E-state index is -0.347. The van der Waals surface area contributed by atoms with Crippen molar-refractivity contribution < 1.29 is 9.53 Å². The van der Waals surface area contributed by atoms with E-state index in [2.05, 4.69) is 11.6 Å². The second-order valence-corrected chi connectivity index (χ2v) is 2.93. The molecule has 0 aliphatic rings. The van der Waals surface area contributed by atoms with E-state index in [0.717, 1.165) is 5.82 Å². The molecule has 1 rings (SSSR count). The molecule has 0 aromatic carbocycles. The molecular formula is C10H14N2O2. The number of rotatable bonds is 4. The smallest absolute Gasteiger partial charge is 0.335 e. The van der Waals surface area contributed by atoms with Crippen molar-refractivity contribution >= 4 is 5.97 Å². The van der Waals surface area contributed by atoms with E-state index in [0.29, 0.717) is 18.7 Å². The Morgan fingerprint density at radius 1 is 1.71 bits per heavy atom. The summed E-state index contributed by atoms with van der Waals surface area (Å²) in [5, 5.41) is 0. The maximum Gasteiger partial charge on any atom is 0.335 e. The van der Waals surface area contributed by atoms with Gasteiger partial charge in [-0.05, 0) is 13.8 Å². The summed E-state index contributed by atoms with van der Waals surface area (Å²) in [4.78, 5) is 15.3. The molecular weight excluding hydrogens is 180 g/mol. The number of aromatic nitrogens is 2. The molecule has 1 aromatic rings. The van der Waals surface area contributed by atoms with Crippen LogP contribution in [0.3, 0.4) is 0 Å². The van der Waals surface area contributed by atoms with Gasteiger partial charge in [-0.3, -0.25) is 0 Å². The maximum absolute atomic E-state index is 11.2. The summed E-state index contributed by atoms with van der Waals surface area (Å²) in [7, 11) is 0. The van der Waals surface area contributed by atoms with Crippen LogP contribution in [0.4, 0.5) is 0 Å². The molecule has 76 valence electrons. The molecule has 0 aliphatic carbocycles. The summed E-state index contributed by atoms with van der Waals surface area (Å²) in [6, 6.07) is 0. The van der Waals surface area contributed by atoms with Gasteiger partial charge in [-0.15, -0.1) is 0 Å². The number of ether oxygens (including phenoxy) is 1. The summed E-state index contributed by atoms with van der Waals surface area (Å²) < 4.78 is 6.67. The highest BCUT2D eigenvalue weighted by atomic mass is 16.5.